The maximum absolute atomic E-state index is 12.2. The fraction of sp³-hybridized carbons (Fsp3) is 0.105. The number of nitrogens with zero attached hydrogens (tertiary/aromatic N) is 1. The SMILES string of the molecule is CNC(=O)c1ccc(C(=O)N/N=C(/C)c2csc(-c3ccc(Cl)cc3)c2O)s1. The van der Waals surface area contributed by atoms with E-state index in [9.17, 15) is 14.7 Å². The highest BCUT2D eigenvalue weighted by atomic mass is 35.5. The molecule has 144 valence electrons. The number of rotatable bonds is 5. The average Bonchev–Trinajstić information content (AvgIpc) is 3.33. The Morgan fingerprint density at radius 1 is 1.07 bits per heavy atom. The van der Waals surface area contributed by atoms with E-state index in [-0.39, 0.29) is 11.7 Å². The largest absolute Gasteiger partial charge is 0.506 e. The van der Waals surface area contributed by atoms with Gasteiger partial charge in [0.05, 0.1) is 25.9 Å². The van der Waals surface area contributed by atoms with Crippen molar-refractivity contribution in [3.05, 3.63) is 62.1 Å². The Balaban J connectivity index is 1.75. The third-order valence-corrected chi connectivity index (χ3v) is 6.22. The lowest BCUT2D eigenvalue weighted by Crippen LogP contribution is -2.18. The molecule has 3 rings (SSSR count). The second-order valence-electron chi connectivity index (χ2n) is 5.72. The number of nitrogens with one attached hydrogen (secondary N) is 2. The van der Waals surface area contributed by atoms with Gasteiger partial charge >= 0.3 is 0 Å². The van der Waals surface area contributed by atoms with Gasteiger partial charge in [-0.1, -0.05) is 23.7 Å². The van der Waals surface area contributed by atoms with Crippen molar-refractivity contribution < 1.29 is 14.7 Å². The van der Waals surface area contributed by atoms with Crippen LogP contribution in [0, 0.1) is 0 Å². The van der Waals surface area contributed by atoms with Crippen LogP contribution in [0.25, 0.3) is 10.4 Å². The molecule has 2 aromatic heterocycles. The molecular formula is C19H16ClN3O3S2. The molecule has 0 aliphatic rings. The molecule has 0 radical (unpaired) electrons. The van der Waals surface area contributed by atoms with Gasteiger partial charge in [0.1, 0.15) is 5.75 Å². The third-order valence-electron chi connectivity index (χ3n) is 3.87. The number of carbonyl (C=O) groups is 2. The fourth-order valence-corrected chi connectivity index (χ4v) is 4.35. The van der Waals surface area contributed by atoms with Gasteiger partial charge in [-0.2, -0.15) is 5.10 Å². The Kier molecular flexibility index (Phi) is 6.13. The van der Waals surface area contributed by atoms with Crippen LogP contribution in [0.3, 0.4) is 0 Å². The predicted octanol–water partition coefficient (Wildman–Crippen LogP) is 4.35. The minimum Gasteiger partial charge on any atom is -0.506 e. The first-order chi connectivity index (χ1) is 13.4. The summed E-state index contributed by atoms with van der Waals surface area (Å²) >= 11 is 8.35. The first-order valence-corrected chi connectivity index (χ1v) is 10.2. The smallest absolute Gasteiger partial charge is 0.281 e. The summed E-state index contributed by atoms with van der Waals surface area (Å²) < 4.78 is 0. The number of thiophene rings is 2. The van der Waals surface area contributed by atoms with Crippen LogP contribution >= 0.6 is 34.3 Å². The van der Waals surface area contributed by atoms with Crippen LogP contribution in [-0.2, 0) is 0 Å². The van der Waals surface area contributed by atoms with E-state index in [4.69, 9.17) is 11.6 Å². The van der Waals surface area contributed by atoms with Crippen LogP contribution < -0.4 is 10.7 Å². The number of hydrazone groups is 1. The fourth-order valence-electron chi connectivity index (χ4n) is 2.37. The van der Waals surface area contributed by atoms with E-state index < -0.39 is 5.91 Å². The molecule has 0 aliphatic heterocycles. The van der Waals surface area contributed by atoms with Gasteiger partial charge in [0.25, 0.3) is 11.8 Å². The number of aromatic hydroxyl groups is 1. The third kappa shape index (κ3) is 4.24. The Morgan fingerprint density at radius 2 is 1.71 bits per heavy atom. The van der Waals surface area contributed by atoms with E-state index in [1.165, 1.54) is 18.4 Å². The second-order valence-corrected chi connectivity index (χ2v) is 8.12. The maximum Gasteiger partial charge on any atom is 0.281 e. The average molecular weight is 434 g/mol. The first-order valence-electron chi connectivity index (χ1n) is 8.14. The van der Waals surface area contributed by atoms with E-state index >= 15 is 0 Å². The second kappa shape index (κ2) is 8.55. The molecule has 0 spiro atoms. The van der Waals surface area contributed by atoms with Crippen LogP contribution in [0.5, 0.6) is 5.75 Å². The van der Waals surface area contributed by atoms with E-state index in [2.05, 4.69) is 15.8 Å². The number of halogens is 1. The molecule has 0 saturated heterocycles. The Labute approximate surface area is 174 Å². The van der Waals surface area contributed by atoms with Gasteiger partial charge in [0.2, 0.25) is 0 Å². The minimum absolute atomic E-state index is 0.0980. The van der Waals surface area contributed by atoms with E-state index in [0.29, 0.717) is 30.9 Å². The summed E-state index contributed by atoms with van der Waals surface area (Å²) in [6, 6.07) is 10.3. The molecule has 0 saturated carbocycles. The lowest BCUT2D eigenvalue weighted by molar-refractivity contribution is 0.0955. The van der Waals surface area contributed by atoms with Crippen molar-refractivity contribution >= 4 is 51.8 Å². The highest BCUT2D eigenvalue weighted by Gasteiger charge is 2.16. The highest BCUT2D eigenvalue weighted by molar-refractivity contribution is 7.16. The zero-order valence-corrected chi connectivity index (χ0v) is 17.3. The molecule has 28 heavy (non-hydrogen) atoms. The molecule has 3 N–H and O–H groups in total. The molecule has 1 aromatic carbocycles. The van der Waals surface area contributed by atoms with Crippen molar-refractivity contribution in [2.75, 3.05) is 7.05 Å². The van der Waals surface area contributed by atoms with Crippen LogP contribution in [-0.4, -0.2) is 29.7 Å². The molecule has 0 bridgehead atoms. The summed E-state index contributed by atoms with van der Waals surface area (Å²) in [4.78, 5) is 25.3. The maximum atomic E-state index is 12.2. The van der Waals surface area contributed by atoms with Crippen LogP contribution in [0.4, 0.5) is 0 Å². The molecular weight excluding hydrogens is 418 g/mol. The van der Waals surface area contributed by atoms with E-state index in [0.717, 1.165) is 16.9 Å². The number of hydrogen-bond acceptors (Lipinski definition) is 6. The molecule has 0 unspecified atom stereocenters. The van der Waals surface area contributed by atoms with Crippen molar-refractivity contribution in [1.29, 1.82) is 0 Å². The van der Waals surface area contributed by atoms with Gasteiger partial charge in [0.15, 0.2) is 0 Å². The van der Waals surface area contributed by atoms with Gasteiger partial charge in [-0.3, -0.25) is 9.59 Å². The van der Waals surface area contributed by atoms with Crippen molar-refractivity contribution in [1.82, 2.24) is 10.7 Å². The summed E-state index contributed by atoms with van der Waals surface area (Å²) in [6.07, 6.45) is 0. The Bertz CT molecular complexity index is 1050. The molecule has 0 aliphatic carbocycles. The standard InChI is InChI=1S/C19H16ClN3O3S2/c1-10(22-23-19(26)15-8-7-14(28-15)18(25)21-2)13-9-27-17(16(13)24)11-3-5-12(20)6-4-11/h3-9,24H,1-2H3,(H,21,25)(H,23,26)/b22-10-. The first kappa shape index (κ1) is 20.1. The van der Waals surface area contributed by atoms with Crippen LogP contribution in [0.1, 0.15) is 31.8 Å². The molecule has 2 amide bonds. The number of amides is 2. The summed E-state index contributed by atoms with van der Waals surface area (Å²) in [6.45, 7) is 1.69. The van der Waals surface area contributed by atoms with Crippen molar-refractivity contribution in [3.8, 4) is 16.2 Å². The topological polar surface area (TPSA) is 90.8 Å². The Morgan fingerprint density at radius 3 is 2.36 bits per heavy atom. The highest BCUT2D eigenvalue weighted by Crippen LogP contribution is 2.39. The Hall–Kier alpha value is -2.68. The van der Waals surface area contributed by atoms with Crippen LogP contribution in [0.15, 0.2) is 46.9 Å². The van der Waals surface area contributed by atoms with Gasteiger partial charge < -0.3 is 10.4 Å². The molecule has 9 heteroatoms. The normalized spacial score (nSPS) is 11.3. The van der Waals surface area contributed by atoms with Gasteiger partial charge in [-0.15, -0.1) is 22.7 Å². The minimum atomic E-state index is -0.424. The van der Waals surface area contributed by atoms with Gasteiger partial charge in [0, 0.05) is 17.5 Å². The zero-order chi connectivity index (χ0) is 20.3. The number of carbonyl (C=O) groups excluding carboxylic acids is 2. The van der Waals surface area contributed by atoms with Crippen LogP contribution in [0.2, 0.25) is 5.02 Å². The lowest BCUT2D eigenvalue weighted by atomic mass is 10.1. The summed E-state index contributed by atoms with van der Waals surface area (Å²) in [5.41, 5.74) is 4.30. The monoisotopic (exact) mass is 433 g/mol. The predicted molar refractivity (Wildman–Crippen MR) is 114 cm³/mol. The van der Waals surface area contributed by atoms with Crippen molar-refractivity contribution in [3.63, 3.8) is 0 Å². The van der Waals surface area contributed by atoms with E-state index in [1.807, 2.05) is 12.1 Å². The van der Waals surface area contributed by atoms with Crippen molar-refractivity contribution in [2.45, 2.75) is 6.92 Å². The molecule has 0 atom stereocenters. The number of benzene rings is 1. The molecule has 6 nitrogen and oxygen atoms in total. The molecule has 0 fully saturated rings. The number of hydrogen-bond donors (Lipinski definition) is 3. The van der Waals surface area contributed by atoms with Gasteiger partial charge in [-0.05, 0) is 36.8 Å². The molecule has 3 aromatic rings. The quantitative estimate of drug-likeness (QED) is 0.412. The van der Waals surface area contributed by atoms with E-state index in [1.54, 1.807) is 36.6 Å². The lowest BCUT2D eigenvalue weighted by Gasteiger charge is -2.03. The summed E-state index contributed by atoms with van der Waals surface area (Å²) in [5.74, 6) is -0.574. The molecule has 2 heterocycles. The zero-order valence-electron chi connectivity index (χ0n) is 14.9. The van der Waals surface area contributed by atoms with Gasteiger partial charge in [-0.25, -0.2) is 5.43 Å². The van der Waals surface area contributed by atoms with Crippen molar-refractivity contribution in [2.24, 2.45) is 5.10 Å². The summed E-state index contributed by atoms with van der Waals surface area (Å²) in [7, 11) is 1.53. The summed E-state index contributed by atoms with van der Waals surface area (Å²) in [5, 5.41) is 19.5.